The summed E-state index contributed by atoms with van der Waals surface area (Å²) in [7, 11) is 0. The van der Waals surface area contributed by atoms with E-state index >= 15 is 0 Å². The van der Waals surface area contributed by atoms with Gasteiger partial charge in [0.2, 0.25) is 0 Å². The lowest BCUT2D eigenvalue weighted by molar-refractivity contribution is 0.0373. The van der Waals surface area contributed by atoms with Crippen LogP contribution in [0.1, 0.15) is 25.0 Å². The summed E-state index contributed by atoms with van der Waals surface area (Å²) in [5.41, 5.74) is 4.28. The van der Waals surface area contributed by atoms with Crippen LogP contribution in [0.5, 0.6) is 0 Å². The molecule has 4 rings (SSSR count). The van der Waals surface area contributed by atoms with Crippen LogP contribution >= 0.6 is 0 Å². The van der Waals surface area contributed by atoms with Crippen LogP contribution in [0.15, 0.2) is 72.0 Å². The van der Waals surface area contributed by atoms with Gasteiger partial charge in [-0.05, 0) is 23.3 Å². The average Bonchev–Trinajstić information content (AvgIpc) is 2.90. The van der Waals surface area contributed by atoms with Gasteiger partial charge in [0.25, 0.3) is 0 Å². The number of oxime groups is 1. The van der Waals surface area contributed by atoms with Gasteiger partial charge >= 0.3 is 0 Å². The molecule has 0 fully saturated rings. The van der Waals surface area contributed by atoms with E-state index in [0.29, 0.717) is 0 Å². The van der Waals surface area contributed by atoms with E-state index in [9.17, 15) is 0 Å². The highest BCUT2D eigenvalue weighted by Crippen LogP contribution is 2.37. The third kappa shape index (κ3) is 2.46. The van der Waals surface area contributed by atoms with Crippen molar-refractivity contribution in [3.05, 3.63) is 78.0 Å². The van der Waals surface area contributed by atoms with Gasteiger partial charge in [0.1, 0.15) is 6.10 Å². The highest BCUT2D eigenvalue weighted by atomic mass is 16.6. The first-order chi connectivity index (χ1) is 11.7. The molecule has 24 heavy (non-hydrogen) atoms. The molecule has 0 spiro atoms. The van der Waals surface area contributed by atoms with Crippen LogP contribution in [-0.2, 0) is 11.3 Å². The molecule has 3 aromatic rings. The van der Waals surface area contributed by atoms with Crippen LogP contribution in [0.25, 0.3) is 10.9 Å². The summed E-state index contributed by atoms with van der Waals surface area (Å²) in [6.07, 6.45) is 2.70. The first-order valence-corrected chi connectivity index (χ1v) is 8.28. The first kappa shape index (κ1) is 14.9. The Hall–Kier alpha value is -2.68. The van der Waals surface area contributed by atoms with Crippen LogP contribution in [0, 0.1) is 5.41 Å². The Bertz CT molecular complexity index is 895. The SMILES string of the molecule is CC1(C)C(c2ccccc2)=NOC1Cc1ccnc2ccccc12. The van der Waals surface area contributed by atoms with Gasteiger partial charge in [0.05, 0.1) is 16.6 Å². The van der Waals surface area contributed by atoms with Gasteiger partial charge < -0.3 is 4.84 Å². The molecule has 0 bridgehead atoms. The molecule has 0 saturated heterocycles. The first-order valence-electron chi connectivity index (χ1n) is 8.28. The minimum absolute atomic E-state index is 0.0125. The van der Waals surface area contributed by atoms with E-state index in [4.69, 9.17) is 4.84 Å². The molecule has 1 unspecified atom stereocenters. The number of hydrogen-bond acceptors (Lipinski definition) is 3. The zero-order valence-electron chi connectivity index (χ0n) is 13.9. The summed E-state index contributed by atoms with van der Waals surface area (Å²) >= 11 is 0. The molecule has 0 N–H and O–H groups in total. The molecule has 1 aliphatic heterocycles. The van der Waals surface area contributed by atoms with E-state index < -0.39 is 0 Å². The predicted molar refractivity (Wildman–Crippen MR) is 97.1 cm³/mol. The average molecular weight is 316 g/mol. The fourth-order valence-electron chi connectivity index (χ4n) is 3.36. The Morgan fingerprint density at radius 2 is 1.71 bits per heavy atom. The van der Waals surface area contributed by atoms with E-state index in [-0.39, 0.29) is 11.5 Å². The Balaban J connectivity index is 1.65. The summed E-state index contributed by atoms with van der Waals surface area (Å²) in [4.78, 5) is 10.3. The minimum Gasteiger partial charge on any atom is -0.391 e. The van der Waals surface area contributed by atoms with E-state index in [2.05, 4.69) is 54.3 Å². The summed E-state index contributed by atoms with van der Waals surface area (Å²) in [6, 6.07) is 20.6. The van der Waals surface area contributed by atoms with Gasteiger partial charge in [-0.2, -0.15) is 0 Å². The molecule has 2 aromatic carbocycles. The lowest BCUT2D eigenvalue weighted by Gasteiger charge is -2.26. The molecule has 120 valence electrons. The number of fused-ring (bicyclic) bond motifs is 1. The van der Waals surface area contributed by atoms with Crippen molar-refractivity contribution in [3.8, 4) is 0 Å². The second-order valence-electron chi connectivity index (χ2n) is 6.81. The Kier molecular flexibility index (Phi) is 3.57. The van der Waals surface area contributed by atoms with Gasteiger partial charge in [0, 0.05) is 18.0 Å². The normalized spacial score (nSPS) is 19.1. The van der Waals surface area contributed by atoms with E-state index in [1.54, 1.807) is 0 Å². The molecule has 0 saturated carbocycles. The van der Waals surface area contributed by atoms with Crippen molar-refractivity contribution in [1.29, 1.82) is 0 Å². The second-order valence-corrected chi connectivity index (χ2v) is 6.81. The predicted octanol–water partition coefficient (Wildman–Crippen LogP) is 4.61. The van der Waals surface area contributed by atoms with Crippen molar-refractivity contribution in [3.63, 3.8) is 0 Å². The number of para-hydroxylation sites is 1. The maximum Gasteiger partial charge on any atom is 0.142 e. The minimum atomic E-state index is -0.147. The van der Waals surface area contributed by atoms with Crippen LogP contribution in [0.2, 0.25) is 0 Å². The highest BCUT2D eigenvalue weighted by molar-refractivity contribution is 6.05. The largest absolute Gasteiger partial charge is 0.391 e. The number of rotatable bonds is 3. The van der Waals surface area contributed by atoms with Crippen molar-refractivity contribution in [2.24, 2.45) is 10.6 Å². The topological polar surface area (TPSA) is 34.5 Å². The second kappa shape index (κ2) is 5.75. The van der Waals surface area contributed by atoms with Crippen molar-refractivity contribution >= 4 is 16.6 Å². The summed E-state index contributed by atoms with van der Waals surface area (Å²) < 4.78 is 0. The summed E-state index contributed by atoms with van der Waals surface area (Å²) in [6.45, 7) is 4.42. The lowest BCUT2D eigenvalue weighted by Crippen LogP contribution is -2.34. The van der Waals surface area contributed by atoms with Gasteiger partial charge in [-0.25, -0.2) is 0 Å². The van der Waals surface area contributed by atoms with Crippen molar-refractivity contribution in [2.45, 2.75) is 26.4 Å². The molecule has 1 aromatic heterocycles. The summed E-state index contributed by atoms with van der Waals surface area (Å²) in [5.74, 6) is 0. The smallest absolute Gasteiger partial charge is 0.142 e. The molecule has 1 aliphatic rings. The zero-order valence-corrected chi connectivity index (χ0v) is 13.9. The molecular formula is C21H20N2O. The molecule has 3 nitrogen and oxygen atoms in total. The molecule has 0 aliphatic carbocycles. The summed E-state index contributed by atoms with van der Waals surface area (Å²) in [5, 5.41) is 5.60. The maximum atomic E-state index is 5.86. The monoisotopic (exact) mass is 316 g/mol. The fourth-order valence-corrected chi connectivity index (χ4v) is 3.36. The molecule has 0 radical (unpaired) electrons. The number of pyridine rings is 1. The Morgan fingerprint density at radius 3 is 2.54 bits per heavy atom. The van der Waals surface area contributed by atoms with Crippen LogP contribution in [-0.4, -0.2) is 16.8 Å². The van der Waals surface area contributed by atoms with Crippen molar-refractivity contribution in [1.82, 2.24) is 4.98 Å². The molecule has 1 atom stereocenters. The Morgan fingerprint density at radius 1 is 0.958 bits per heavy atom. The third-order valence-electron chi connectivity index (χ3n) is 4.88. The van der Waals surface area contributed by atoms with Gasteiger partial charge in [0.15, 0.2) is 0 Å². The lowest BCUT2D eigenvalue weighted by atomic mass is 9.77. The standard InChI is InChI=1S/C21H20N2O/c1-21(2)19(24-23-20(21)15-8-4-3-5-9-15)14-16-12-13-22-18-11-7-6-10-17(16)18/h3-13,19H,14H2,1-2H3. The number of benzene rings is 2. The molecule has 3 heteroatoms. The van der Waals surface area contributed by atoms with Gasteiger partial charge in [-0.1, -0.05) is 67.5 Å². The molecule has 2 heterocycles. The van der Waals surface area contributed by atoms with Crippen molar-refractivity contribution < 1.29 is 4.84 Å². The number of nitrogens with zero attached hydrogens (tertiary/aromatic N) is 2. The molecule has 0 amide bonds. The van der Waals surface area contributed by atoms with Crippen LogP contribution in [0.4, 0.5) is 0 Å². The van der Waals surface area contributed by atoms with E-state index in [1.807, 2.05) is 36.5 Å². The van der Waals surface area contributed by atoms with Crippen LogP contribution in [0.3, 0.4) is 0 Å². The van der Waals surface area contributed by atoms with E-state index in [0.717, 1.165) is 23.2 Å². The van der Waals surface area contributed by atoms with Gasteiger partial charge in [-0.15, -0.1) is 0 Å². The van der Waals surface area contributed by atoms with E-state index in [1.165, 1.54) is 10.9 Å². The highest BCUT2D eigenvalue weighted by Gasteiger charge is 2.42. The molecular weight excluding hydrogens is 296 g/mol. The number of aromatic nitrogens is 1. The van der Waals surface area contributed by atoms with Crippen LogP contribution < -0.4 is 0 Å². The third-order valence-corrected chi connectivity index (χ3v) is 4.88. The van der Waals surface area contributed by atoms with Gasteiger partial charge in [-0.3, -0.25) is 4.98 Å². The zero-order chi connectivity index (χ0) is 16.6. The van der Waals surface area contributed by atoms with Crippen molar-refractivity contribution in [2.75, 3.05) is 0 Å². The Labute approximate surface area is 142 Å². The number of hydrogen-bond donors (Lipinski definition) is 0. The fraction of sp³-hybridized carbons (Fsp3) is 0.238. The quantitative estimate of drug-likeness (QED) is 0.707. The maximum absolute atomic E-state index is 5.86.